The molecular formula is C14H15F3N4. The minimum Gasteiger partial charge on any atom is -0.303 e. The average Bonchev–Trinajstić information content (AvgIpc) is 2.93. The fourth-order valence-corrected chi connectivity index (χ4v) is 2.67. The molecular weight excluding hydrogens is 281 g/mol. The zero-order valence-corrected chi connectivity index (χ0v) is 11.3. The summed E-state index contributed by atoms with van der Waals surface area (Å²) in [4.78, 5) is 4.19. The topological polar surface area (TPSA) is 42.7 Å². The number of nitrogens with one attached hydrogen (secondary N) is 1. The van der Waals surface area contributed by atoms with Crippen molar-refractivity contribution in [2.24, 2.45) is 0 Å². The molecule has 1 N–H and O–H groups in total. The number of halogens is 3. The molecule has 0 radical (unpaired) electrons. The minimum absolute atomic E-state index is 0.0532. The molecule has 4 nitrogen and oxygen atoms in total. The van der Waals surface area contributed by atoms with Crippen molar-refractivity contribution in [2.75, 3.05) is 0 Å². The van der Waals surface area contributed by atoms with Gasteiger partial charge in [0.2, 0.25) is 0 Å². The third-order valence-corrected chi connectivity index (χ3v) is 3.68. The zero-order valence-electron chi connectivity index (χ0n) is 11.3. The van der Waals surface area contributed by atoms with Crippen molar-refractivity contribution < 1.29 is 13.2 Å². The van der Waals surface area contributed by atoms with Gasteiger partial charge in [-0.1, -0.05) is 18.2 Å². The molecule has 21 heavy (non-hydrogen) atoms. The number of aryl methyl sites for hydroxylation is 1. The van der Waals surface area contributed by atoms with E-state index in [9.17, 15) is 13.2 Å². The van der Waals surface area contributed by atoms with Gasteiger partial charge in [-0.3, -0.25) is 0 Å². The fraction of sp³-hybridized carbons (Fsp3) is 0.429. The van der Waals surface area contributed by atoms with Crippen LogP contribution in [0.25, 0.3) is 0 Å². The minimum atomic E-state index is -4.33. The third-order valence-electron chi connectivity index (χ3n) is 3.68. The van der Waals surface area contributed by atoms with Crippen LogP contribution >= 0.6 is 0 Å². The highest BCUT2D eigenvalue weighted by Gasteiger charge is 2.33. The van der Waals surface area contributed by atoms with Crippen LogP contribution in [0.5, 0.6) is 0 Å². The number of rotatable bonds is 3. The predicted molar refractivity (Wildman–Crippen MR) is 70.3 cm³/mol. The highest BCUT2D eigenvalue weighted by atomic mass is 19.4. The molecule has 112 valence electrons. The molecule has 0 spiro atoms. The van der Waals surface area contributed by atoms with E-state index >= 15 is 0 Å². The van der Waals surface area contributed by atoms with Crippen LogP contribution in [0.2, 0.25) is 0 Å². The summed E-state index contributed by atoms with van der Waals surface area (Å²) in [5.41, 5.74) is -0.337. The molecule has 0 saturated carbocycles. The van der Waals surface area contributed by atoms with E-state index in [4.69, 9.17) is 0 Å². The Hall–Kier alpha value is -1.89. The van der Waals surface area contributed by atoms with Crippen molar-refractivity contribution in [3.63, 3.8) is 0 Å². The number of alkyl halides is 3. The van der Waals surface area contributed by atoms with E-state index in [0.29, 0.717) is 0 Å². The molecule has 1 aromatic carbocycles. The molecule has 1 aliphatic rings. The lowest BCUT2D eigenvalue weighted by atomic mass is 10.0. The molecule has 2 aromatic rings. The van der Waals surface area contributed by atoms with Crippen LogP contribution in [-0.4, -0.2) is 14.8 Å². The molecule has 0 bridgehead atoms. The normalized spacial score (nSPS) is 18.5. The summed E-state index contributed by atoms with van der Waals surface area (Å²) >= 11 is 0. The molecule has 1 aliphatic heterocycles. The first-order valence-electron chi connectivity index (χ1n) is 6.82. The third kappa shape index (κ3) is 2.92. The van der Waals surface area contributed by atoms with Crippen LogP contribution < -0.4 is 5.32 Å². The molecule has 0 fully saturated rings. The lowest BCUT2D eigenvalue weighted by molar-refractivity contribution is -0.138. The molecule has 0 aliphatic carbocycles. The van der Waals surface area contributed by atoms with E-state index in [1.54, 1.807) is 10.7 Å². The summed E-state index contributed by atoms with van der Waals surface area (Å²) < 4.78 is 40.6. The first-order valence-corrected chi connectivity index (χ1v) is 6.82. The Kier molecular flexibility index (Phi) is 3.67. The summed E-state index contributed by atoms with van der Waals surface area (Å²) in [6.45, 7) is 0.972. The summed E-state index contributed by atoms with van der Waals surface area (Å²) in [6, 6.07) is 5.59. The van der Waals surface area contributed by atoms with Crippen molar-refractivity contribution >= 4 is 0 Å². The van der Waals surface area contributed by atoms with E-state index in [0.717, 1.165) is 31.3 Å². The van der Waals surface area contributed by atoms with Crippen molar-refractivity contribution in [3.8, 4) is 0 Å². The first-order chi connectivity index (χ1) is 10.1. The molecule has 2 heterocycles. The summed E-state index contributed by atoms with van der Waals surface area (Å²) in [6.07, 6.45) is -1.05. The maximum Gasteiger partial charge on any atom is 0.416 e. The number of hydrogen-bond donors (Lipinski definition) is 1. The number of fused-ring (bicyclic) bond motifs is 1. The van der Waals surface area contributed by atoms with Gasteiger partial charge < -0.3 is 5.32 Å². The standard InChI is InChI=1S/C14H15F3N4/c15-14(16,17)11-5-2-1-4-10(11)8-18-12-6-3-7-21-13(12)19-9-20-21/h1-2,4-5,9,12,18H,3,6-8H2/t12-/m0/s1. The molecule has 0 unspecified atom stereocenters. The van der Waals surface area contributed by atoms with Gasteiger partial charge in [-0.15, -0.1) is 0 Å². The van der Waals surface area contributed by atoms with Crippen LogP contribution in [0.1, 0.15) is 35.8 Å². The van der Waals surface area contributed by atoms with E-state index in [1.165, 1.54) is 18.5 Å². The van der Waals surface area contributed by atoms with Crippen LogP contribution in [0.15, 0.2) is 30.6 Å². The van der Waals surface area contributed by atoms with Gasteiger partial charge in [-0.05, 0) is 24.5 Å². The van der Waals surface area contributed by atoms with Gasteiger partial charge in [0.1, 0.15) is 12.2 Å². The van der Waals surface area contributed by atoms with E-state index in [2.05, 4.69) is 15.4 Å². The smallest absolute Gasteiger partial charge is 0.303 e. The maximum absolute atomic E-state index is 12.9. The summed E-state index contributed by atoms with van der Waals surface area (Å²) in [7, 11) is 0. The SMILES string of the molecule is FC(F)(F)c1ccccc1CN[C@H]1CCCn2ncnc21. The second-order valence-corrected chi connectivity index (χ2v) is 5.07. The van der Waals surface area contributed by atoms with E-state index in [1.807, 2.05) is 0 Å². The Bertz CT molecular complexity index is 621. The Labute approximate surface area is 120 Å². The largest absolute Gasteiger partial charge is 0.416 e. The lowest BCUT2D eigenvalue weighted by Crippen LogP contribution is -2.29. The monoisotopic (exact) mass is 296 g/mol. The van der Waals surface area contributed by atoms with E-state index < -0.39 is 11.7 Å². The Morgan fingerprint density at radius 1 is 1.29 bits per heavy atom. The molecule has 0 saturated heterocycles. The number of benzene rings is 1. The maximum atomic E-state index is 12.9. The molecule has 0 amide bonds. The molecule has 1 aromatic heterocycles. The average molecular weight is 296 g/mol. The molecule has 7 heteroatoms. The summed E-state index contributed by atoms with van der Waals surface area (Å²) in [5, 5.41) is 7.27. The zero-order chi connectivity index (χ0) is 14.9. The van der Waals surface area contributed by atoms with E-state index in [-0.39, 0.29) is 18.2 Å². The Balaban J connectivity index is 1.75. The quantitative estimate of drug-likeness (QED) is 0.947. The van der Waals surface area contributed by atoms with Gasteiger partial charge in [0, 0.05) is 13.1 Å². The molecule has 1 atom stereocenters. The van der Waals surface area contributed by atoms with Crippen molar-refractivity contribution in [3.05, 3.63) is 47.5 Å². The number of nitrogens with zero attached hydrogens (tertiary/aromatic N) is 3. The van der Waals surface area contributed by atoms with Gasteiger partial charge in [-0.2, -0.15) is 18.3 Å². The van der Waals surface area contributed by atoms with Crippen molar-refractivity contribution in [1.29, 1.82) is 0 Å². The van der Waals surface area contributed by atoms with Gasteiger partial charge in [-0.25, -0.2) is 9.67 Å². The van der Waals surface area contributed by atoms with Crippen LogP contribution in [-0.2, 0) is 19.3 Å². The van der Waals surface area contributed by atoms with Crippen molar-refractivity contribution in [2.45, 2.75) is 38.1 Å². The van der Waals surface area contributed by atoms with Gasteiger partial charge in [0.25, 0.3) is 0 Å². The highest BCUT2D eigenvalue weighted by Crippen LogP contribution is 2.32. The molecule has 3 rings (SSSR count). The summed E-state index contributed by atoms with van der Waals surface area (Å²) in [5.74, 6) is 0.797. The van der Waals surface area contributed by atoms with Gasteiger partial charge >= 0.3 is 6.18 Å². The second-order valence-electron chi connectivity index (χ2n) is 5.07. The first kappa shape index (κ1) is 14.1. The highest BCUT2D eigenvalue weighted by molar-refractivity contribution is 5.29. The van der Waals surface area contributed by atoms with Crippen LogP contribution in [0.3, 0.4) is 0 Å². The van der Waals surface area contributed by atoms with Crippen LogP contribution in [0.4, 0.5) is 13.2 Å². The lowest BCUT2D eigenvalue weighted by Gasteiger charge is -2.24. The predicted octanol–water partition coefficient (Wildman–Crippen LogP) is 2.92. The number of hydrogen-bond acceptors (Lipinski definition) is 3. The second kappa shape index (κ2) is 5.48. The van der Waals surface area contributed by atoms with Gasteiger partial charge in [0.05, 0.1) is 11.6 Å². The van der Waals surface area contributed by atoms with Crippen LogP contribution in [0, 0.1) is 0 Å². The Morgan fingerprint density at radius 3 is 2.90 bits per heavy atom. The number of aromatic nitrogens is 3. The fourth-order valence-electron chi connectivity index (χ4n) is 2.67. The Morgan fingerprint density at radius 2 is 2.10 bits per heavy atom. The van der Waals surface area contributed by atoms with Gasteiger partial charge in [0.15, 0.2) is 0 Å². The van der Waals surface area contributed by atoms with Crippen molar-refractivity contribution in [1.82, 2.24) is 20.1 Å².